The summed E-state index contributed by atoms with van der Waals surface area (Å²) in [7, 11) is 3.96. The molecule has 10 heteroatoms. The van der Waals surface area contributed by atoms with E-state index in [2.05, 4.69) is 5.10 Å². The van der Waals surface area contributed by atoms with Gasteiger partial charge in [0.05, 0.1) is 35.0 Å². The first-order valence-corrected chi connectivity index (χ1v) is 11.8. The molecule has 0 radical (unpaired) electrons. The molecular weight excluding hydrogens is 444 g/mol. The predicted molar refractivity (Wildman–Crippen MR) is 132 cm³/mol. The standard InChI is InChI=1S/C25H28N8O2/c1-29(2)14-15-31-22-9-8-20(19-16-27-32-13-4-3-7-21(19)32)28-24(22)33(25(31)35)18-6-5-12-30(17-18)23(34)10-11-26/h3-4,7-9,13,16,18H,5-6,10,12,14-15,17H2,1-2H3. The normalized spacial score (nSPS) is 16.3. The van der Waals surface area contributed by atoms with Gasteiger partial charge in [-0.05, 0) is 51.2 Å². The topological polar surface area (TPSA) is 104 Å². The highest BCUT2D eigenvalue weighted by atomic mass is 16.2. The van der Waals surface area contributed by atoms with Gasteiger partial charge in [-0.3, -0.25) is 13.9 Å². The summed E-state index contributed by atoms with van der Waals surface area (Å²) in [6.07, 6.45) is 5.07. The summed E-state index contributed by atoms with van der Waals surface area (Å²) in [6.45, 7) is 2.26. The van der Waals surface area contributed by atoms with Gasteiger partial charge < -0.3 is 9.80 Å². The van der Waals surface area contributed by atoms with E-state index in [9.17, 15) is 9.59 Å². The average Bonchev–Trinajstić information content (AvgIpc) is 3.41. The maximum absolute atomic E-state index is 13.7. The number of hydrogen-bond acceptors (Lipinski definition) is 6. The minimum absolute atomic E-state index is 0.119. The number of likely N-dealkylation sites (N-methyl/N-ethyl adjacent to an activating group) is 1. The second kappa shape index (κ2) is 9.35. The Morgan fingerprint density at radius 1 is 1.23 bits per heavy atom. The van der Waals surface area contributed by atoms with Crippen molar-refractivity contribution in [2.75, 3.05) is 33.7 Å². The lowest BCUT2D eigenvalue weighted by Crippen LogP contribution is -2.43. The van der Waals surface area contributed by atoms with Crippen molar-refractivity contribution in [3.63, 3.8) is 0 Å². The van der Waals surface area contributed by atoms with Gasteiger partial charge in [-0.1, -0.05) is 6.07 Å². The van der Waals surface area contributed by atoms with Crippen LogP contribution in [0.4, 0.5) is 0 Å². The van der Waals surface area contributed by atoms with E-state index in [1.54, 1.807) is 24.7 Å². The van der Waals surface area contributed by atoms with Crippen LogP contribution in [0.3, 0.4) is 0 Å². The summed E-state index contributed by atoms with van der Waals surface area (Å²) in [4.78, 5) is 34.8. The van der Waals surface area contributed by atoms with Crippen LogP contribution in [0, 0.1) is 11.3 Å². The number of hydrogen-bond donors (Lipinski definition) is 0. The Morgan fingerprint density at radius 3 is 2.89 bits per heavy atom. The van der Waals surface area contributed by atoms with Gasteiger partial charge in [-0.15, -0.1) is 0 Å². The monoisotopic (exact) mass is 472 g/mol. The molecule has 5 rings (SSSR count). The van der Waals surface area contributed by atoms with Gasteiger partial charge in [-0.2, -0.15) is 10.4 Å². The van der Waals surface area contributed by atoms with Crippen molar-refractivity contribution in [1.82, 2.24) is 33.5 Å². The van der Waals surface area contributed by atoms with E-state index < -0.39 is 0 Å². The van der Waals surface area contributed by atoms with E-state index >= 15 is 0 Å². The Bertz CT molecular complexity index is 1490. The first kappa shape index (κ1) is 22.8. The molecule has 4 aromatic rings. The Morgan fingerprint density at radius 2 is 2.09 bits per heavy atom. The first-order chi connectivity index (χ1) is 17.0. The van der Waals surface area contributed by atoms with Crippen molar-refractivity contribution in [1.29, 1.82) is 5.26 Å². The van der Waals surface area contributed by atoms with Crippen LogP contribution in [-0.2, 0) is 11.3 Å². The van der Waals surface area contributed by atoms with Crippen LogP contribution in [0.15, 0.2) is 47.5 Å². The number of rotatable bonds is 6. The predicted octanol–water partition coefficient (Wildman–Crippen LogP) is 2.15. The number of imidazole rings is 1. The van der Waals surface area contributed by atoms with Crippen molar-refractivity contribution in [3.8, 4) is 17.3 Å². The van der Waals surface area contributed by atoms with Crippen LogP contribution < -0.4 is 5.69 Å². The van der Waals surface area contributed by atoms with Gasteiger partial charge in [0.15, 0.2) is 5.65 Å². The minimum atomic E-state index is -0.200. The molecule has 1 aliphatic heterocycles. The van der Waals surface area contributed by atoms with Gasteiger partial charge in [0.2, 0.25) is 5.91 Å². The van der Waals surface area contributed by atoms with Crippen molar-refractivity contribution >= 4 is 22.6 Å². The molecule has 0 saturated carbocycles. The van der Waals surface area contributed by atoms with Gasteiger partial charge in [0.1, 0.15) is 6.42 Å². The Labute approximate surface area is 202 Å². The lowest BCUT2D eigenvalue weighted by atomic mass is 10.1. The fourth-order valence-electron chi connectivity index (χ4n) is 4.85. The van der Waals surface area contributed by atoms with E-state index in [-0.39, 0.29) is 24.1 Å². The average molecular weight is 473 g/mol. The van der Waals surface area contributed by atoms with Crippen molar-refractivity contribution in [2.24, 2.45) is 0 Å². The Balaban J connectivity index is 1.63. The molecule has 35 heavy (non-hydrogen) atoms. The van der Waals surface area contributed by atoms with E-state index in [1.165, 1.54) is 0 Å². The summed E-state index contributed by atoms with van der Waals surface area (Å²) in [5, 5.41) is 13.4. The second-order valence-corrected chi connectivity index (χ2v) is 9.21. The fourth-order valence-corrected chi connectivity index (χ4v) is 4.85. The van der Waals surface area contributed by atoms with Crippen LogP contribution >= 0.6 is 0 Å². The lowest BCUT2D eigenvalue weighted by Gasteiger charge is -2.32. The molecule has 1 saturated heterocycles. The molecule has 4 aromatic heterocycles. The fraction of sp³-hybridized carbons (Fsp3) is 0.400. The highest BCUT2D eigenvalue weighted by Gasteiger charge is 2.29. The molecule has 1 amide bonds. The van der Waals surface area contributed by atoms with E-state index in [0.29, 0.717) is 31.8 Å². The molecule has 0 spiro atoms. The number of amides is 1. The number of nitriles is 1. The molecule has 1 fully saturated rings. The number of nitrogens with zero attached hydrogens (tertiary/aromatic N) is 8. The molecule has 0 aromatic carbocycles. The Hall–Kier alpha value is -3.97. The second-order valence-electron chi connectivity index (χ2n) is 9.21. The lowest BCUT2D eigenvalue weighted by molar-refractivity contribution is -0.131. The van der Waals surface area contributed by atoms with E-state index in [4.69, 9.17) is 10.2 Å². The molecule has 1 atom stereocenters. The zero-order chi connectivity index (χ0) is 24.5. The number of fused-ring (bicyclic) bond motifs is 2. The van der Waals surface area contributed by atoms with Crippen LogP contribution in [0.1, 0.15) is 25.3 Å². The number of aromatic nitrogens is 5. The number of carbonyl (C=O) groups excluding carboxylic acids is 1. The van der Waals surface area contributed by atoms with Crippen LogP contribution in [0.5, 0.6) is 0 Å². The molecule has 10 nitrogen and oxygen atoms in total. The maximum Gasteiger partial charge on any atom is 0.330 e. The third kappa shape index (κ3) is 4.19. The van der Waals surface area contributed by atoms with E-state index in [1.807, 2.05) is 61.6 Å². The molecule has 0 aliphatic carbocycles. The van der Waals surface area contributed by atoms with Gasteiger partial charge in [-0.25, -0.2) is 14.3 Å². The Kier molecular flexibility index (Phi) is 6.09. The molecular formula is C25H28N8O2. The zero-order valence-corrected chi connectivity index (χ0v) is 20.0. The molecule has 1 aliphatic rings. The summed E-state index contributed by atoms with van der Waals surface area (Å²) < 4.78 is 5.33. The number of carbonyl (C=O) groups is 1. The molecule has 180 valence electrons. The molecule has 0 bridgehead atoms. The smallest absolute Gasteiger partial charge is 0.330 e. The summed E-state index contributed by atoms with van der Waals surface area (Å²) in [6, 6.07) is 11.5. The van der Waals surface area contributed by atoms with Gasteiger partial charge >= 0.3 is 5.69 Å². The molecule has 5 heterocycles. The summed E-state index contributed by atoms with van der Waals surface area (Å²) in [5.41, 5.74) is 3.84. The SMILES string of the molecule is CN(C)CCn1c(=O)n(C2CCCN(C(=O)CC#N)C2)c2nc(-c3cnn4ccccc34)ccc21. The van der Waals surface area contributed by atoms with Gasteiger partial charge in [0.25, 0.3) is 0 Å². The quantitative estimate of drug-likeness (QED) is 0.426. The van der Waals surface area contributed by atoms with E-state index in [0.717, 1.165) is 35.1 Å². The first-order valence-electron chi connectivity index (χ1n) is 11.8. The van der Waals surface area contributed by atoms with Crippen LogP contribution in [-0.4, -0.2) is 73.2 Å². The number of likely N-dealkylation sites (tertiary alicyclic amines) is 1. The largest absolute Gasteiger partial charge is 0.340 e. The minimum Gasteiger partial charge on any atom is -0.340 e. The van der Waals surface area contributed by atoms with Crippen molar-refractivity contribution in [3.05, 3.63) is 53.2 Å². The zero-order valence-electron chi connectivity index (χ0n) is 20.0. The highest BCUT2D eigenvalue weighted by Crippen LogP contribution is 2.28. The third-order valence-electron chi connectivity index (χ3n) is 6.63. The van der Waals surface area contributed by atoms with Crippen molar-refractivity contribution in [2.45, 2.75) is 31.8 Å². The van der Waals surface area contributed by atoms with Crippen molar-refractivity contribution < 1.29 is 4.79 Å². The summed E-state index contributed by atoms with van der Waals surface area (Å²) >= 11 is 0. The summed E-state index contributed by atoms with van der Waals surface area (Å²) in [5.74, 6) is -0.193. The van der Waals surface area contributed by atoms with Crippen LogP contribution in [0.25, 0.3) is 27.9 Å². The highest BCUT2D eigenvalue weighted by molar-refractivity contribution is 5.82. The number of pyridine rings is 2. The van der Waals surface area contributed by atoms with Gasteiger partial charge in [0, 0.05) is 37.9 Å². The molecule has 0 N–H and O–H groups in total. The third-order valence-corrected chi connectivity index (χ3v) is 6.63. The maximum atomic E-state index is 13.7. The number of piperidine rings is 1. The molecule has 1 unspecified atom stereocenters. The van der Waals surface area contributed by atoms with Crippen LogP contribution in [0.2, 0.25) is 0 Å².